The smallest absolute Gasteiger partial charge is 0.296 e. The van der Waals surface area contributed by atoms with E-state index in [9.17, 15) is 28.0 Å². The van der Waals surface area contributed by atoms with Crippen molar-refractivity contribution < 1.29 is 17.9 Å². The molecule has 8 nitrogen and oxygen atoms in total. The van der Waals surface area contributed by atoms with Crippen LogP contribution in [-0.4, -0.2) is 28.1 Å². The molecule has 0 amide bonds. The summed E-state index contributed by atoms with van der Waals surface area (Å²) in [5.41, 5.74) is 1.73. The first-order valence-electron chi connectivity index (χ1n) is 12.9. The van der Waals surface area contributed by atoms with Gasteiger partial charge in [0, 0.05) is 17.7 Å². The molecule has 0 aliphatic carbocycles. The van der Waals surface area contributed by atoms with E-state index in [1.54, 1.807) is 37.3 Å². The van der Waals surface area contributed by atoms with Crippen LogP contribution in [0.4, 0.5) is 4.39 Å². The van der Waals surface area contributed by atoms with Gasteiger partial charge in [-0.3, -0.25) is 9.36 Å². The lowest BCUT2D eigenvalue weighted by atomic mass is 10.0. The number of benzene rings is 2. The maximum atomic E-state index is 13.7. The lowest BCUT2D eigenvalue weighted by molar-refractivity contribution is 0.358. The Kier molecular flexibility index (Phi) is 8.45. The van der Waals surface area contributed by atoms with Crippen LogP contribution >= 0.6 is 0 Å². The Morgan fingerprint density at radius 2 is 1.80 bits per heavy atom. The third-order valence-corrected chi connectivity index (χ3v) is 8.57. The second kappa shape index (κ2) is 11.8. The summed E-state index contributed by atoms with van der Waals surface area (Å²) in [6.07, 6.45) is 2.26. The van der Waals surface area contributed by atoms with Crippen molar-refractivity contribution in [2.75, 3.05) is 0 Å². The average molecular weight is 561 g/mol. The van der Waals surface area contributed by atoms with Gasteiger partial charge in [-0.2, -0.15) is 14.6 Å². The fourth-order valence-electron chi connectivity index (χ4n) is 4.77. The maximum absolute atomic E-state index is 13.7. The molecule has 0 saturated heterocycles. The molecule has 0 saturated carbocycles. The first-order valence-corrected chi connectivity index (χ1v) is 14.4. The second-order valence-corrected chi connectivity index (χ2v) is 11.3. The highest BCUT2D eigenvalue weighted by molar-refractivity contribution is 7.91. The van der Waals surface area contributed by atoms with E-state index in [-0.39, 0.29) is 10.7 Å². The van der Waals surface area contributed by atoms with E-state index in [1.807, 2.05) is 13.8 Å². The molecular formula is C30H29FN4O4S. The Bertz CT molecular complexity index is 1760. The summed E-state index contributed by atoms with van der Waals surface area (Å²) in [4.78, 5) is 20.1. The minimum absolute atomic E-state index is 0.203. The Morgan fingerprint density at radius 1 is 1.07 bits per heavy atom. The van der Waals surface area contributed by atoms with Crippen molar-refractivity contribution in [1.29, 1.82) is 5.26 Å². The van der Waals surface area contributed by atoms with E-state index in [2.05, 4.69) is 16.0 Å². The van der Waals surface area contributed by atoms with Crippen molar-refractivity contribution in [1.82, 2.24) is 14.5 Å². The maximum Gasteiger partial charge on any atom is 0.296 e. The van der Waals surface area contributed by atoms with E-state index < -0.39 is 38.2 Å². The van der Waals surface area contributed by atoms with Gasteiger partial charge in [-0.1, -0.05) is 44.5 Å². The third kappa shape index (κ3) is 5.51. The molecule has 0 radical (unpaired) electrons. The first kappa shape index (κ1) is 28.6. The van der Waals surface area contributed by atoms with Crippen molar-refractivity contribution in [3.63, 3.8) is 0 Å². The number of aromatic nitrogens is 3. The fraction of sp³-hybridized carbons (Fsp3) is 0.267. The van der Waals surface area contributed by atoms with Crippen LogP contribution in [0.1, 0.15) is 61.8 Å². The largest absolute Gasteiger partial charge is 0.493 e. The predicted octanol–water partition coefficient (Wildman–Crippen LogP) is 5.50. The summed E-state index contributed by atoms with van der Waals surface area (Å²) in [6.45, 7) is 5.48. The van der Waals surface area contributed by atoms with Crippen LogP contribution in [-0.2, 0) is 16.3 Å². The minimum atomic E-state index is -4.49. The summed E-state index contributed by atoms with van der Waals surface area (Å²) in [5.74, 6) is -1.04. The fourth-order valence-corrected chi connectivity index (χ4v) is 6.12. The monoisotopic (exact) mass is 560 g/mol. The zero-order chi connectivity index (χ0) is 29.0. The first-order chi connectivity index (χ1) is 19.1. The molecule has 0 spiro atoms. The van der Waals surface area contributed by atoms with Crippen molar-refractivity contribution in [2.45, 2.75) is 62.3 Å². The highest BCUT2D eigenvalue weighted by Crippen LogP contribution is 2.34. The van der Waals surface area contributed by atoms with Gasteiger partial charge >= 0.3 is 0 Å². The van der Waals surface area contributed by atoms with Gasteiger partial charge in [0.15, 0.2) is 4.90 Å². The van der Waals surface area contributed by atoms with E-state index in [0.717, 1.165) is 6.42 Å². The molecular weight excluding hydrogens is 531 g/mol. The number of sulfone groups is 1. The third-order valence-electron chi connectivity index (χ3n) is 6.78. The molecule has 40 heavy (non-hydrogen) atoms. The molecule has 1 atom stereocenters. The van der Waals surface area contributed by atoms with Gasteiger partial charge in [-0.25, -0.2) is 13.4 Å². The standard InChI is InChI=1S/C30H29FN4O4S/c1-4-6-10-27-34-29(36)28(30(37)35(27)25(5-2)22-9-7-8-20(17-22)18-32)40(38,39)23-13-11-21(12-14-23)24-15-16-26(31)33-19(24)3/h7-9,11-17,25,37H,4-6,10H2,1-3H3. The number of pyridine rings is 1. The molecule has 0 aliphatic rings. The lowest BCUT2D eigenvalue weighted by Gasteiger charge is -2.25. The molecule has 0 fully saturated rings. The van der Waals surface area contributed by atoms with Crippen molar-refractivity contribution in [2.24, 2.45) is 0 Å². The Morgan fingerprint density at radius 3 is 2.42 bits per heavy atom. The Balaban J connectivity index is 1.87. The lowest BCUT2D eigenvalue weighted by Crippen LogP contribution is -2.27. The molecule has 1 N–H and O–H groups in total. The molecule has 2 heterocycles. The number of unbranched alkanes of at least 4 members (excludes halogenated alkanes) is 1. The highest BCUT2D eigenvalue weighted by atomic mass is 32.2. The Hall–Kier alpha value is -4.36. The van der Waals surface area contributed by atoms with Crippen molar-refractivity contribution in [3.8, 4) is 23.1 Å². The van der Waals surface area contributed by atoms with Gasteiger partial charge in [0.1, 0.15) is 5.82 Å². The van der Waals surface area contributed by atoms with E-state index in [4.69, 9.17) is 0 Å². The molecule has 4 aromatic rings. The summed E-state index contributed by atoms with van der Waals surface area (Å²) in [5, 5.41) is 20.9. The van der Waals surface area contributed by atoms with Crippen LogP contribution in [0, 0.1) is 24.2 Å². The molecule has 2 aromatic heterocycles. The van der Waals surface area contributed by atoms with Crippen LogP contribution in [0.2, 0.25) is 0 Å². The second-order valence-electron chi connectivity index (χ2n) is 9.42. The van der Waals surface area contributed by atoms with Crippen molar-refractivity contribution in [3.05, 3.63) is 99.6 Å². The van der Waals surface area contributed by atoms with Gasteiger partial charge in [0.2, 0.25) is 21.7 Å². The number of nitrogens with zero attached hydrogens (tertiary/aromatic N) is 4. The zero-order valence-corrected chi connectivity index (χ0v) is 23.2. The Labute approximate surface area is 232 Å². The predicted molar refractivity (Wildman–Crippen MR) is 148 cm³/mol. The number of aromatic hydroxyl groups is 1. The number of hydrogen-bond donors (Lipinski definition) is 1. The van der Waals surface area contributed by atoms with Crippen LogP contribution < -0.4 is 5.56 Å². The highest BCUT2D eigenvalue weighted by Gasteiger charge is 2.32. The number of nitriles is 1. The summed E-state index contributed by atoms with van der Waals surface area (Å²) < 4.78 is 42.3. The van der Waals surface area contributed by atoms with Crippen LogP contribution in [0.5, 0.6) is 5.88 Å². The molecule has 0 bridgehead atoms. The zero-order valence-electron chi connectivity index (χ0n) is 22.4. The normalized spacial score (nSPS) is 12.2. The molecule has 1 unspecified atom stereocenters. The van der Waals surface area contributed by atoms with Gasteiger partial charge in [0.05, 0.1) is 22.6 Å². The molecule has 206 valence electrons. The summed E-state index contributed by atoms with van der Waals surface area (Å²) >= 11 is 0. The van der Waals surface area contributed by atoms with Crippen LogP contribution in [0.25, 0.3) is 11.1 Å². The number of halogens is 1. The van der Waals surface area contributed by atoms with E-state index >= 15 is 0 Å². The SMILES string of the molecule is CCCCc1nc(=O)c(S(=O)(=O)c2ccc(-c3ccc(F)nc3C)cc2)c(O)n1C(CC)c1cccc(C#N)c1. The quantitative estimate of drug-likeness (QED) is 0.268. The summed E-state index contributed by atoms with van der Waals surface area (Å²) in [6, 6.07) is 16.9. The average Bonchev–Trinajstić information content (AvgIpc) is 2.93. The molecule has 2 aromatic carbocycles. The van der Waals surface area contributed by atoms with E-state index in [1.165, 1.54) is 34.9 Å². The van der Waals surface area contributed by atoms with Crippen molar-refractivity contribution >= 4 is 9.84 Å². The molecule has 10 heteroatoms. The number of rotatable bonds is 9. The topological polar surface area (TPSA) is 126 Å². The van der Waals surface area contributed by atoms with Crippen LogP contribution in [0.15, 0.2) is 75.2 Å². The number of aryl methyl sites for hydroxylation is 2. The minimum Gasteiger partial charge on any atom is -0.493 e. The molecule has 4 rings (SSSR count). The summed E-state index contributed by atoms with van der Waals surface area (Å²) in [7, 11) is -4.49. The van der Waals surface area contributed by atoms with Gasteiger partial charge < -0.3 is 5.11 Å². The van der Waals surface area contributed by atoms with Gasteiger partial charge in [-0.05, 0) is 67.3 Å². The molecule has 0 aliphatic heterocycles. The van der Waals surface area contributed by atoms with Crippen LogP contribution in [0.3, 0.4) is 0 Å². The van der Waals surface area contributed by atoms with Gasteiger partial charge in [-0.15, -0.1) is 0 Å². The van der Waals surface area contributed by atoms with Gasteiger partial charge in [0.25, 0.3) is 5.56 Å². The number of hydrogen-bond acceptors (Lipinski definition) is 7. The van der Waals surface area contributed by atoms with E-state index in [0.29, 0.717) is 47.2 Å².